The molecule has 0 spiro atoms. The van der Waals surface area contributed by atoms with Crippen molar-refractivity contribution in [1.29, 1.82) is 0 Å². The van der Waals surface area contributed by atoms with Gasteiger partial charge in [0.15, 0.2) is 0 Å². The second-order valence-electron chi connectivity index (χ2n) is 7.82. The van der Waals surface area contributed by atoms with E-state index in [1.165, 1.54) is 6.20 Å². The Balaban J connectivity index is 1.49. The monoisotopic (exact) mass is 490 g/mol. The first kappa shape index (κ1) is 22.0. The van der Waals surface area contributed by atoms with Gasteiger partial charge >= 0.3 is 0 Å². The maximum absolute atomic E-state index is 13.0. The number of nitrogens with one attached hydrogen (secondary N) is 1. The Morgan fingerprint density at radius 2 is 1.79 bits per heavy atom. The highest BCUT2D eigenvalue weighted by molar-refractivity contribution is 7.92. The van der Waals surface area contributed by atoms with E-state index in [9.17, 15) is 8.42 Å². The Kier molecular flexibility index (Phi) is 5.51. The standard InChI is InChI=1S/C24H19ClN6O2S/c1-15-4-3-5-20(25)24(15)34(32,33)30-19-8-17(10-26-12-19)16-6-7-21-22(9-16)29-23(13-27-21)18-11-28-31(2)14-18/h3-14,30H,1-2H3. The number of fused-ring (bicyclic) bond motifs is 1. The predicted octanol–water partition coefficient (Wildman–Crippen LogP) is 4.85. The molecule has 0 unspecified atom stereocenters. The van der Waals surface area contributed by atoms with Crippen molar-refractivity contribution in [3.63, 3.8) is 0 Å². The molecule has 0 amide bonds. The summed E-state index contributed by atoms with van der Waals surface area (Å²) in [4.78, 5) is 13.5. The molecule has 0 atom stereocenters. The van der Waals surface area contributed by atoms with E-state index in [4.69, 9.17) is 16.6 Å². The third kappa shape index (κ3) is 4.23. The lowest BCUT2D eigenvalue weighted by atomic mass is 10.1. The largest absolute Gasteiger partial charge is 0.278 e. The molecule has 1 N–H and O–H groups in total. The minimum atomic E-state index is -3.89. The van der Waals surface area contributed by atoms with E-state index in [0.717, 1.165) is 22.2 Å². The number of pyridine rings is 1. The maximum atomic E-state index is 13.0. The highest BCUT2D eigenvalue weighted by atomic mass is 35.5. The summed E-state index contributed by atoms with van der Waals surface area (Å²) < 4.78 is 30.3. The van der Waals surface area contributed by atoms with E-state index >= 15 is 0 Å². The lowest BCUT2D eigenvalue weighted by molar-refractivity contribution is 0.600. The zero-order chi connectivity index (χ0) is 23.9. The molecule has 10 heteroatoms. The van der Waals surface area contributed by atoms with Crippen molar-refractivity contribution in [1.82, 2.24) is 24.7 Å². The van der Waals surface area contributed by atoms with Crippen LogP contribution in [0.2, 0.25) is 5.02 Å². The Morgan fingerprint density at radius 3 is 2.56 bits per heavy atom. The van der Waals surface area contributed by atoms with Gasteiger partial charge in [-0.3, -0.25) is 19.4 Å². The average Bonchev–Trinajstić information content (AvgIpc) is 3.24. The van der Waals surface area contributed by atoms with Crippen LogP contribution in [0.25, 0.3) is 33.4 Å². The fourth-order valence-electron chi connectivity index (χ4n) is 3.70. The topological polar surface area (TPSA) is 103 Å². The van der Waals surface area contributed by atoms with E-state index in [1.807, 2.05) is 31.4 Å². The molecule has 0 aliphatic rings. The lowest BCUT2D eigenvalue weighted by Crippen LogP contribution is -2.15. The molecule has 34 heavy (non-hydrogen) atoms. The molecule has 5 rings (SSSR count). The number of rotatable bonds is 5. The number of anilines is 1. The van der Waals surface area contributed by atoms with Crippen LogP contribution in [0.3, 0.4) is 0 Å². The van der Waals surface area contributed by atoms with Gasteiger partial charge in [-0.05, 0) is 42.3 Å². The van der Waals surface area contributed by atoms with Crippen LogP contribution in [0.4, 0.5) is 5.69 Å². The first-order valence-corrected chi connectivity index (χ1v) is 12.2. The third-order valence-electron chi connectivity index (χ3n) is 5.30. The van der Waals surface area contributed by atoms with Gasteiger partial charge in [0.1, 0.15) is 4.90 Å². The zero-order valence-corrected chi connectivity index (χ0v) is 19.8. The van der Waals surface area contributed by atoms with Gasteiger partial charge in [-0.25, -0.2) is 13.4 Å². The van der Waals surface area contributed by atoms with E-state index in [0.29, 0.717) is 22.5 Å². The molecule has 3 heterocycles. The van der Waals surface area contributed by atoms with Crippen LogP contribution < -0.4 is 4.72 Å². The minimum Gasteiger partial charge on any atom is -0.278 e. The highest BCUT2D eigenvalue weighted by Gasteiger charge is 2.21. The fraction of sp³-hybridized carbons (Fsp3) is 0.0833. The molecule has 5 aromatic rings. The van der Waals surface area contributed by atoms with E-state index < -0.39 is 10.0 Å². The number of aromatic nitrogens is 5. The van der Waals surface area contributed by atoms with Gasteiger partial charge in [-0.15, -0.1) is 0 Å². The van der Waals surface area contributed by atoms with Crippen molar-refractivity contribution in [2.45, 2.75) is 11.8 Å². The Morgan fingerprint density at radius 1 is 0.941 bits per heavy atom. The van der Waals surface area contributed by atoms with Gasteiger partial charge in [0.2, 0.25) is 0 Å². The number of hydrogen-bond acceptors (Lipinski definition) is 6. The van der Waals surface area contributed by atoms with Gasteiger partial charge < -0.3 is 0 Å². The molecule has 0 aliphatic heterocycles. The van der Waals surface area contributed by atoms with E-state index in [-0.39, 0.29) is 9.92 Å². The number of halogens is 1. The molecule has 0 bridgehead atoms. The third-order valence-corrected chi connectivity index (χ3v) is 7.31. The molecule has 0 saturated carbocycles. The zero-order valence-electron chi connectivity index (χ0n) is 18.3. The smallest absolute Gasteiger partial charge is 0.263 e. The molecule has 0 saturated heterocycles. The molecular weight excluding hydrogens is 472 g/mol. The van der Waals surface area contributed by atoms with Gasteiger partial charge in [0, 0.05) is 30.6 Å². The summed E-state index contributed by atoms with van der Waals surface area (Å²) in [6, 6.07) is 12.3. The van der Waals surface area contributed by atoms with Crippen LogP contribution in [-0.4, -0.2) is 33.2 Å². The molecule has 2 aromatic carbocycles. The van der Waals surface area contributed by atoms with Crippen molar-refractivity contribution in [3.8, 4) is 22.4 Å². The Labute approximate surface area is 201 Å². The van der Waals surface area contributed by atoms with Crippen LogP contribution in [0, 0.1) is 6.92 Å². The van der Waals surface area contributed by atoms with Crippen molar-refractivity contribution in [3.05, 3.63) is 84.0 Å². The summed E-state index contributed by atoms with van der Waals surface area (Å²) in [6.45, 7) is 1.70. The van der Waals surface area contributed by atoms with Crippen LogP contribution in [0.15, 0.2) is 78.3 Å². The summed E-state index contributed by atoms with van der Waals surface area (Å²) >= 11 is 6.17. The van der Waals surface area contributed by atoms with Crippen molar-refractivity contribution < 1.29 is 8.42 Å². The van der Waals surface area contributed by atoms with Gasteiger partial charge in [-0.2, -0.15) is 5.10 Å². The molecule has 0 radical (unpaired) electrons. The first-order valence-electron chi connectivity index (χ1n) is 10.3. The SMILES string of the molecule is Cc1cccc(Cl)c1S(=O)(=O)Nc1cncc(-c2ccc3ncc(-c4cnn(C)c4)nc3c2)c1. The number of nitrogens with zero attached hydrogens (tertiary/aromatic N) is 5. The molecular formula is C24H19ClN6O2S. The van der Waals surface area contributed by atoms with Crippen LogP contribution in [0.1, 0.15) is 5.56 Å². The lowest BCUT2D eigenvalue weighted by Gasteiger charge is -2.12. The Hall–Kier alpha value is -3.82. The molecule has 3 aromatic heterocycles. The summed E-state index contributed by atoms with van der Waals surface area (Å²) in [6.07, 6.45) is 8.44. The maximum Gasteiger partial charge on any atom is 0.263 e. The summed E-state index contributed by atoms with van der Waals surface area (Å²) in [7, 11) is -2.05. The van der Waals surface area contributed by atoms with Crippen molar-refractivity contribution in [2.24, 2.45) is 7.05 Å². The first-order chi connectivity index (χ1) is 16.3. The predicted molar refractivity (Wildman–Crippen MR) is 132 cm³/mol. The fourth-order valence-corrected chi connectivity index (χ4v) is 5.57. The summed E-state index contributed by atoms with van der Waals surface area (Å²) in [5.74, 6) is 0. The summed E-state index contributed by atoms with van der Waals surface area (Å²) in [5, 5.41) is 4.35. The summed E-state index contributed by atoms with van der Waals surface area (Å²) in [5.41, 5.74) is 5.47. The molecule has 0 fully saturated rings. The van der Waals surface area contributed by atoms with Gasteiger partial charge in [0.05, 0.1) is 46.0 Å². The number of benzene rings is 2. The second kappa shape index (κ2) is 8.51. The minimum absolute atomic E-state index is 0.0472. The molecule has 170 valence electrons. The second-order valence-corrected chi connectivity index (χ2v) is 9.84. The number of sulfonamides is 1. The van der Waals surface area contributed by atoms with Crippen LogP contribution in [-0.2, 0) is 17.1 Å². The number of aryl methyl sites for hydroxylation is 2. The van der Waals surface area contributed by atoms with Crippen LogP contribution >= 0.6 is 11.6 Å². The van der Waals surface area contributed by atoms with Crippen LogP contribution in [0.5, 0.6) is 0 Å². The van der Waals surface area contributed by atoms with Gasteiger partial charge in [-0.1, -0.05) is 29.8 Å². The van der Waals surface area contributed by atoms with Crippen molar-refractivity contribution in [2.75, 3.05) is 4.72 Å². The van der Waals surface area contributed by atoms with E-state index in [1.54, 1.807) is 54.5 Å². The van der Waals surface area contributed by atoms with Gasteiger partial charge in [0.25, 0.3) is 10.0 Å². The quantitative estimate of drug-likeness (QED) is 0.377. The Bertz CT molecular complexity index is 1630. The molecule has 0 aliphatic carbocycles. The van der Waals surface area contributed by atoms with E-state index in [2.05, 4.69) is 19.8 Å². The highest BCUT2D eigenvalue weighted by Crippen LogP contribution is 2.29. The molecule has 8 nitrogen and oxygen atoms in total. The average molecular weight is 491 g/mol. The number of hydrogen-bond donors (Lipinski definition) is 1. The normalized spacial score (nSPS) is 11.6. The van der Waals surface area contributed by atoms with Crippen molar-refractivity contribution >= 4 is 38.3 Å².